The summed E-state index contributed by atoms with van der Waals surface area (Å²) in [5.74, 6) is -0.247. The van der Waals surface area contributed by atoms with Gasteiger partial charge in [-0.15, -0.1) is 11.3 Å². The van der Waals surface area contributed by atoms with E-state index >= 15 is 0 Å². The predicted molar refractivity (Wildman–Crippen MR) is 90.6 cm³/mol. The summed E-state index contributed by atoms with van der Waals surface area (Å²) in [4.78, 5) is 13.6. The van der Waals surface area contributed by atoms with Crippen LogP contribution in [-0.4, -0.2) is 23.2 Å². The minimum atomic E-state index is -0.247. The topological polar surface area (TPSA) is 57.2 Å². The molecule has 0 aromatic carbocycles. The highest BCUT2D eigenvalue weighted by Gasteiger charge is 2.24. The van der Waals surface area contributed by atoms with Crippen LogP contribution in [-0.2, 0) is 17.7 Å². The molecule has 0 aliphatic carbocycles. The van der Waals surface area contributed by atoms with Crippen molar-refractivity contribution in [2.45, 2.75) is 46.7 Å². The van der Waals surface area contributed by atoms with Crippen molar-refractivity contribution in [1.29, 1.82) is 0 Å². The third-order valence-electron chi connectivity index (χ3n) is 3.81. The minimum Gasteiger partial charge on any atom is -0.462 e. The normalized spacial score (nSPS) is 12.4. The molecule has 0 radical (unpaired) electrons. The first-order valence-electron chi connectivity index (χ1n) is 7.59. The van der Waals surface area contributed by atoms with Gasteiger partial charge in [-0.05, 0) is 51.1 Å². The zero-order valence-electron chi connectivity index (χ0n) is 13.7. The lowest BCUT2D eigenvalue weighted by molar-refractivity contribution is 0.0524. The second kappa shape index (κ2) is 7.11. The van der Waals surface area contributed by atoms with Crippen molar-refractivity contribution < 1.29 is 9.53 Å². The number of hydrogen-bond donors (Lipinski definition) is 1. The number of nitrogens with zero attached hydrogens (tertiary/aromatic N) is 1. The molecule has 0 spiro atoms. The van der Waals surface area contributed by atoms with Crippen molar-refractivity contribution in [3.8, 4) is 0 Å². The molecule has 2 heterocycles. The first-order chi connectivity index (χ1) is 10.5. The van der Waals surface area contributed by atoms with Gasteiger partial charge in [0, 0.05) is 22.3 Å². The molecule has 120 valence electrons. The highest BCUT2D eigenvalue weighted by Crippen LogP contribution is 2.26. The van der Waals surface area contributed by atoms with Gasteiger partial charge in [0.15, 0.2) is 0 Å². The van der Waals surface area contributed by atoms with Crippen LogP contribution in [0.15, 0.2) is 17.5 Å². The molecule has 0 aliphatic rings. The van der Waals surface area contributed by atoms with E-state index < -0.39 is 0 Å². The van der Waals surface area contributed by atoms with Crippen LogP contribution in [0.3, 0.4) is 0 Å². The highest BCUT2D eigenvalue weighted by atomic mass is 32.1. The van der Waals surface area contributed by atoms with Crippen LogP contribution < -0.4 is 5.73 Å². The third kappa shape index (κ3) is 3.42. The molecule has 2 N–H and O–H groups in total. The van der Waals surface area contributed by atoms with E-state index in [-0.39, 0.29) is 12.0 Å². The second-order valence-electron chi connectivity index (χ2n) is 5.59. The Morgan fingerprint density at radius 3 is 2.68 bits per heavy atom. The number of rotatable bonds is 6. The molecule has 2 aromatic heterocycles. The first-order valence-corrected chi connectivity index (χ1v) is 8.47. The molecule has 2 aromatic rings. The molecule has 1 atom stereocenters. The highest BCUT2D eigenvalue weighted by molar-refractivity contribution is 7.09. The van der Waals surface area contributed by atoms with Gasteiger partial charge in [0.25, 0.3) is 0 Å². The smallest absolute Gasteiger partial charge is 0.340 e. The summed E-state index contributed by atoms with van der Waals surface area (Å²) in [6.07, 6.45) is 0.679. The number of nitrogens with two attached hydrogens (primary N) is 1. The zero-order chi connectivity index (χ0) is 16.3. The summed E-state index contributed by atoms with van der Waals surface area (Å²) in [6, 6.07) is 4.16. The van der Waals surface area contributed by atoms with E-state index in [9.17, 15) is 4.79 Å². The molecule has 4 nitrogen and oxygen atoms in total. The van der Waals surface area contributed by atoms with Crippen LogP contribution >= 0.6 is 11.3 Å². The van der Waals surface area contributed by atoms with Crippen molar-refractivity contribution in [2.75, 3.05) is 6.61 Å². The van der Waals surface area contributed by atoms with Gasteiger partial charge in [0.1, 0.15) is 0 Å². The number of hydrogen-bond acceptors (Lipinski definition) is 4. The predicted octanol–water partition coefficient (Wildman–Crippen LogP) is 3.28. The summed E-state index contributed by atoms with van der Waals surface area (Å²) < 4.78 is 7.43. The molecule has 22 heavy (non-hydrogen) atoms. The summed E-state index contributed by atoms with van der Waals surface area (Å²) in [5, 5.41) is 2.07. The Hall–Kier alpha value is -1.59. The van der Waals surface area contributed by atoms with Gasteiger partial charge >= 0.3 is 5.97 Å². The second-order valence-corrected chi connectivity index (χ2v) is 6.62. The van der Waals surface area contributed by atoms with Gasteiger partial charge in [-0.3, -0.25) is 0 Å². The molecule has 5 heteroatoms. The lowest BCUT2D eigenvalue weighted by Gasteiger charge is -2.09. The van der Waals surface area contributed by atoms with Crippen molar-refractivity contribution in [2.24, 2.45) is 5.73 Å². The van der Waals surface area contributed by atoms with Crippen LogP contribution in [0.1, 0.15) is 46.0 Å². The molecular weight excluding hydrogens is 296 g/mol. The van der Waals surface area contributed by atoms with Crippen molar-refractivity contribution in [3.05, 3.63) is 44.9 Å². The zero-order valence-corrected chi connectivity index (χ0v) is 14.5. The molecule has 0 bridgehead atoms. The lowest BCUT2D eigenvalue weighted by Crippen LogP contribution is -2.20. The van der Waals surface area contributed by atoms with Crippen LogP contribution in [0.25, 0.3) is 0 Å². The van der Waals surface area contributed by atoms with Gasteiger partial charge in [0.2, 0.25) is 0 Å². The number of carbonyl (C=O) groups excluding carboxylic acids is 1. The van der Waals surface area contributed by atoms with E-state index in [1.54, 1.807) is 11.3 Å². The SMILES string of the molecule is CCOC(=O)c1c(CC(C)N)c(C)n(Cc2cccs2)c1C. The average molecular weight is 320 g/mol. The van der Waals surface area contributed by atoms with Gasteiger partial charge in [0.05, 0.1) is 18.7 Å². The number of thiophene rings is 1. The summed E-state index contributed by atoms with van der Waals surface area (Å²) in [5.41, 5.74) is 9.74. The molecule has 0 saturated heterocycles. The Labute approximate surface area is 135 Å². The monoisotopic (exact) mass is 320 g/mol. The summed E-state index contributed by atoms with van der Waals surface area (Å²) in [7, 11) is 0. The molecule has 1 unspecified atom stereocenters. The molecule has 2 rings (SSSR count). The van der Waals surface area contributed by atoms with E-state index in [2.05, 4.69) is 22.9 Å². The Morgan fingerprint density at radius 1 is 1.41 bits per heavy atom. The van der Waals surface area contributed by atoms with Gasteiger partial charge in [-0.2, -0.15) is 0 Å². The quantitative estimate of drug-likeness (QED) is 0.831. The van der Waals surface area contributed by atoms with Crippen molar-refractivity contribution in [1.82, 2.24) is 4.57 Å². The number of esters is 1. The first kappa shape index (κ1) is 16.8. The fourth-order valence-electron chi connectivity index (χ4n) is 2.79. The maximum atomic E-state index is 12.4. The number of carbonyl (C=O) groups is 1. The molecular formula is C17H24N2O2S. The maximum Gasteiger partial charge on any atom is 0.340 e. The van der Waals surface area contributed by atoms with Crippen LogP contribution in [0.5, 0.6) is 0 Å². The lowest BCUT2D eigenvalue weighted by atomic mass is 10.0. The van der Waals surface area contributed by atoms with Crippen LogP contribution in [0.2, 0.25) is 0 Å². The van der Waals surface area contributed by atoms with E-state index in [1.807, 2.05) is 26.8 Å². The number of ether oxygens (including phenoxy) is 1. The fourth-order valence-corrected chi connectivity index (χ4v) is 3.48. The summed E-state index contributed by atoms with van der Waals surface area (Å²) >= 11 is 1.72. The fraction of sp³-hybridized carbons (Fsp3) is 0.471. The molecule has 0 aliphatic heterocycles. The van der Waals surface area contributed by atoms with Crippen molar-refractivity contribution in [3.63, 3.8) is 0 Å². The number of aromatic nitrogens is 1. The van der Waals surface area contributed by atoms with Gasteiger partial charge < -0.3 is 15.0 Å². The van der Waals surface area contributed by atoms with E-state index in [0.29, 0.717) is 18.6 Å². The van der Waals surface area contributed by atoms with Crippen LogP contribution in [0, 0.1) is 13.8 Å². The van der Waals surface area contributed by atoms with E-state index in [1.165, 1.54) is 4.88 Å². The summed E-state index contributed by atoms with van der Waals surface area (Å²) in [6.45, 7) is 8.98. The Kier molecular flexibility index (Phi) is 5.42. The largest absolute Gasteiger partial charge is 0.462 e. The molecule has 0 fully saturated rings. The van der Waals surface area contributed by atoms with Gasteiger partial charge in [-0.25, -0.2) is 4.79 Å². The Morgan fingerprint density at radius 2 is 2.14 bits per heavy atom. The standard InChI is InChI=1S/C17H24N2O2S/c1-5-21-17(20)16-13(4)19(10-14-7-6-8-22-14)12(3)15(16)9-11(2)18/h6-8,11H,5,9-10,18H2,1-4H3. The molecule has 0 amide bonds. The Balaban J connectivity index is 2.48. The van der Waals surface area contributed by atoms with Crippen molar-refractivity contribution >= 4 is 17.3 Å². The van der Waals surface area contributed by atoms with E-state index in [0.717, 1.165) is 23.5 Å². The third-order valence-corrected chi connectivity index (χ3v) is 4.67. The average Bonchev–Trinajstić information content (AvgIpc) is 3.02. The maximum absolute atomic E-state index is 12.4. The van der Waals surface area contributed by atoms with Crippen LogP contribution in [0.4, 0.5) is 0 Å². The Bertz CT molecular complexity index is 642. The van der Waals surface area contributed by atoms with E-state index in [4.69, 9.17) is 10.5 Å². The van der Waals surface area contributed by atoms with Gasteiger partial charge in [-0.1, -0.05) is 6.07 Å². The molecule has 0 saturated carbocycles. The minimum absolute atomic E-state index is 0.00358.